The van der Waals surface area contributed by atoms with Crippen LogP contribution in [-0.4, -0.2) is 23.9 Å². The summed E-state index contributed by atoms with van der Waals surface area (Å²) in [7, 11) is 1.29. The summed E-state index contributed by atoms with van der Waals surface area (Å²) in [5.74, 6) is -0.870. The summed E-state index contributed by atoms with van der Waals surface area (Å²) in [5.41, 5.74) is 0.906. The molecule has 0 aliphatic heterocycles. The third kappa shape index (κ3) is 3.29. The number of nitro groups is 1. The largest absolute Gasteiger partial charge is 0.465 e. The van der Waals surface area contributed by atoms with Gasteiger partial charge in [-0.3, -0.25) is 14.9 Å². The summed E-state index contributed by atoms with van der Waals surface area (Å²) in [4.78, 5) is 34.0. The highest BCUT2D eigenvalue weighted by atomic mass is 32.1. The Kier molecular flexibility index (Phi) is 4.52. The number of nitro benzene ring substituents is 1. The fourth-order valence-electron chi connectivity index (χ4n) is 1.76. The van der Waals surface area contributed by atoms with E-state index in [0.717, 1.165) is 11.3 Å². The zero-order valence-corrected chi connectivity index (χ0v) is 12.6. The van der Waals surface area contributed by atoms with Crippen molar-refractivity contribution in [3.63, 3.8) is 0 Å². The molecule has 1 aromatic heterocycles. The van der Waals surface area contributed by atoms with Crippen LogP contribution < -0.4 is 5.32 Å². The molecule has 114 valence electrons. The molecule has 0 unspecified atom stereocenters. The topological polar surface area (TPSA) is 98.5 Å². The smallest absolute Gasteiger partial charge is 0.348 e. The third-order valence-electron chi connectivity index (χ3n) is 2.87. The van der Waals surface area contributed by atoms with E-state index in [0.29, 0.717) is 15.4 Å². The summed E-state index contributed by atoms with van der Waals surface area (Å²) in [6.45, 7) is 1.74. The number of hydrogen-bond acceptors (Lipinski definition) is 6. The molecular weight excluding hydrogens is 308 g/mol. The second-order valence-corrected chi connectivity index (χ2v) is 5.42. The molecule has 22 heavy (non-hydrogen) atoms. The minimum atomic E-state index is -0.535. The number of nitrogens with zero attached hydrogens (tertiary/aromatic N) is 1. The van der Waals surface area contributed by atoms with Crippen molar-refractivity contribution >= 4 is 33.9 Å². The number of amides is 1. The number of hydrogen-bond donors (Lipinski definition) is 1. The SMILES string of the molecule is COC(=O)c1sc(NC(=O)c2ccc([N+](=O)[O-])cc2)cc1C. The van der Waals surface area contributed by atoms with Crippen molar-refractivity contribution in [3.05, 3.63) is 56.5 Å². The molecule has 1 heterocycles. The van der Waals surface area contributed by atoms with E-state index in [1.807, 2.05) is 0 Å². The van der Waals surface area contributed by atoms with E-state index in [1.165, 1.54) is 31.4 Å². The second-order valence-electron chi connectivity index (χ2n) is 4.37. The molecule has 0 saturated carbocycles. The van der Waals surface area contributed by atoms with Crippen molar-refractivity contribution in [2.75, 3.05) is 12.4 Å². The van der Waals surface area contributed by atoms with Crippen molar-refractivity contribution in [1.29, 1.82) is 0 Å². The predicted octanol–water partition coefficient (Wildman–Crippen LogP) is 3.00. The molecule has 1 N–H and O–H groups in total. The number of non-ortho nitro benzene ring substituents is 1. The summed E-state index contributed by atoms with van der Waals surface area (Å²) in [6.07, 6.45) is 0. The van der Waals surface area contributed by atoms with Crippen molar-refractivity contribution in [2.45, 2.75) is 6.92 Å². The molecule has 1 aromatic carbocycles. The minimum absolute atomic E-state index is 0.0866. The van der Waals surface area contributed by atoms with Crippen molar-refractivity contribution in [3.8, 4) is 0 Å². The van der Waals surface area contributed by atoms with E-state index >= 15 is 0 Å². The molecule has 7 nitrogen and oxygen atoms in total. The van der Waals surface area contributed by atoms with Gasteiger partial charge in [0.2, 0.25) is 0 Å². The van der Waals surface area contributed by atoms with Gasteiger partial charge >= 0.3 is 5.97 Å². The van der Waals surface area contributed by atoms with Crippen molar-refractivity contribution in [1.82, 2.24) is 0 Å². The Hall–Kier alpha value is -2.74. The number of anilines is 1. The Labute approximate surface area is 129 Å². The van der Waals surface area contributed by atoms with Crippen molar-refractivity contribution < 1.29 is 19.2 Å². The van der Waals surface area contributed by atoms with E-state index in [1.54, 1.807) is 13.0 Å². The Morgan fingerprint density at radius 3 is 2.45 bits per heavy atom. The lowest BCUT2D eigenvalue weighted by molar-refractivity contribution is -0.384. The molecule has 0 aliphatic carbocycles. The third-order valence-corrected chi connectivity index (χ3v) is 4.00. The van der Waals surface area contributed by atoms with Crippen molar-refractivity contribution in [2.24, 2.45) is 0 Å². The highest BCUT2D eigenvalue weighted by Gasteiger charge is 2.16. The number of benzene rings is 1. The number of nitrogens with one attached hydrogen (secondary N) is 1. The first kappa shape index (κ1) is 15.6. The van der Waals surface area contributed by atoms with Gasteiger partial charge in [-0.15, -0.1) is 11.3 Å². The molecular formula is C14H12N2O5S. The Bertz CT molecular complexity index is 736. The van der Waals surface area contributed by atoms with Crippen LogP contribution in [0.15, 0.2) is 30.3 Å². The normalized spacial score (nSPS) is 10.1. The van der Waals surface area contributed by atoms with E-state index in [-0.39, 0.29) is 11.3 Å². The zero-order chi connectivity index (χ0) is 16.3. The average molecular weight is 320 g/mol. The molecule has 0 fully saturated rings. The first-order valence-electron chi connectivity index (χ1n) is 6.17. The maximum Gasteiger partial charge on any atom is 0.348 e. The number of thiophene rings is 1. The Balaban J connectivity index is 2.15. The van der Waals surface area contributed by atoms with Crippen LogP contribution in [0.3, 0.4) is 0 Å². The fourth-order valence-corrected chi connectivity index (χ4v) is 2.74. The first-order chi connectivity index (χ1) is 10.4. The van der Waals surface area contributed by atoms with Gasteiger partial charge in [-0.2, -0.15) is 0 Å². The number of esters is 1. The van der Waals surface area contributed by atoms with Gasteiger partial charge in [-0.05, 0) is 30.7 Å². The van der Waals surface area contributed by atoms with Gasteiger partial charge in [-0.25, -0.2) is 4.79 Å². The Morgan fingerprint density at radius 1 is 1.27 bits per heavy atom. The lowest BCUT2D eigenvalue weighted by atomic mass is 10.2. The lowest BCUT2D eigenvalue weighted by Crippen LogP contribution is -2.10. The molecule has 0 radical (unpaired) electrons. The van der Waals surface area contributed by atoms with Crippen LogP contribution >= 0.6 is 11.3 Å². The number of aryl methyl sites for hydroxylation is 1. The molecule has 0 saturated heterocycles. The van der Waals surface area contributed by atoms with E-state index in [4.69, 9.17) is 0 Å². The van der Waals surface area contributed by atoms with Crippen LogP contribution in [0.25, 0.3) is 0 Å². The average Bonchev–Trinajstić information content (AvgIpc) is 2.87. The van der Waals surface area contributed by atoms with Crippen LogP contribution in [0.5, 0.6) is 0 Å². The van der Waals surface area contributed by atoms with E-state index < -0.39 is 16.8 Å². The summed E-state index contributed by atoms with van der Waals surface area (Å²) in [6, 6.07) is 6.92. The quantitative estimate of drug-likeness (QED) is 0.530. The molecule has 8 heteroatoms. The van der Waals surface area contributed by atoms with Gasteiger partial charge in [0.25, 0.3) is 11.6 Å². The van der Waals surface area contributed by atoms with E-state index in [9.17, 15) is 19.7 Å². The van der Waals surface area contributed by atoms with Gasteiger partial charge in [-0.1, -0.05) is 0 Å². The van der Waals surface area contributed by atoms with E-state index in [2.05, 4.69) is 10.1 Å². The van der Waals surface area contributed by atoms with Crippen LogP contribution in [0.2, 0.25) is 0 Å². The summed E-state index contributed by atoms with van der Waals surface area (Å²) < 4.78 is 4.65. The molecule has 0 bridgehead atoms. The second kappa shape index (κ2) is 6.35. The fraction of sp³-hybridized carbons (Fsp3) is 0.143. The van der Waals surface area contributed by atoms with Gasteiger partial charge in [0, 0.05) is 17.7 Å². The maximum absolute atomic E-state index is 12.1. The predicted molar refractivity (Wildman–Crippen MR) is 81.4 cm³/mol. The molecule has 2 aromatic rings. The molecule has 0 aliphatic rings. The van der Waals surface area contributed by atoms with Crippen LogP contribution in [0.4, 0.5) is 10.7 Å². The molecule has 0 atom stereocenters. The van der Waals surface area contributed by atoms with Crippen LogP contribution in [-0.2, 0) is 4.74 Å². The molecule has 1 amide bonds. The van der Waals surface area contributed by atoms with Gasteiger partial charge < -0.3 is 10.1 Å². The molecule has 2 rings (SSSR count). The number of methoxy groups -OCH3 is 1. The Morgan fingerprint density at radius 2 is 1.91 bits per heavy atom. The number of ether oxygens (including phenoxy) is 1. The van der Waals surface area contributed by atoms with Gasteiger partial charge in [0.15, 0.2) is 0 Å². The first-order valence-corrected chi connectivity index (χ1v) is 6.98. The number of rotatable bonds is 4. The summed E-state index contributed by atoms with van der Waals surface area (Å²) >= 11 is 1.11. The lowest BCUT2D eigenvalue weighted by Gasteiger charge is -2.02. The highest BCUT2D eigenvalue weighted by Crippen LogP contribution is 2.27. The summed E-state index contributed by atoms with van der Waals surface area (Å²) in [5, 5.41) is 13.7. The number of carbonyl (C=O) groups excluding carboxylic acids is 2. The monoisotopic (exact) mass is 320 g/mol. The van der Waals surface area contributed by atoms with Crippen LogP contribution in [0, 0.1) is 17.0 Å². The molecule has 0 spiro atoms. The number of carbonyl (C=O) groups is 2. The highest BCUT2D eigenvalue weighted by molar-refractivity contribution is 7.18. The van der Waals surface area contributed by atoms with Gasteiger partial charge in [0.05, 0.1) is 17.0 Å². The zero-order valence-electron chi connectivity index (χ0n) is 11.8. The van der Waals surface area contributed by atoms with Crippen LogP contribution in [0.1, 0.15) is 25.6 Å². The minimum Gasteiger partial charge on any atom is -0.465 e. The standard InChI is InChI=1S/C14H12N2O5S/c1-8-7-11(22-12(8)14(18)21-2)15-13(17)9-3-5-10(6-4-9)16(19)20/h3-7H,1-2H3,(H,15,17). The maximum atomic E-state index is 12.1. The van der Waals surface area contributed by atoms with Gasteiger partial charge in [0.1, 0.15) is 4.88 Å².